The standard InChI is InChI=1S/C29H30N8O/c1-29(2,38-4)8-5-9-36-24-11-25(36)19-35(18-24)27-7-6-20(13-31-27)26-10-21(23-15-32-34(3)16-23)17-37-28(26)22(12-30)14-33-37/h6-7,10,13-17,24-25H,9,11,18-19H2,1-4H3. The highest BCUT2D eigenvalue weighted by atomic mass is 16.5. The molecule has 4 aromatic heterocycles. The predicted molar refractivity (Wildman–Crippen MR) is 145 cm³/mol. The fraction of sp³-hybridized carbons (Fsp3) is 0.379. The summed E-state index contributed by atoms with van der Waals surface area (Å²) in [4.78, 5) is 9.71. The Bertz CT molecular complexity index is 1590. The van der Waals surface area contributed by atoms with E-state index in [9.17, 15) is 5.26 Å². The first-order valence-electron chi connectivity index (χ1n) is 12.8. The lowest BCUT2D eigenvalue weighted by molar-refractivity contribution is 0.0122. The number of piperidine rings is 1. The van der Waals surface area contributed by atoms with Crippen molar-refractivity contribution in [2.24, 2.45) is 7.05 Å². The van der Waals surface area contributed by atoms with Crippen LogP contribution in [-0.4, -0.2) is 73.7 Å². The minimum absolute atomic E-state index is 0.411. The van der Waals surface area contributed by atoms with Crippen LogP contribution in [0, 0.1) is 23.2 Å². The number of rotatable bonds is 5. The first kappa shape index (κ1) is 24.2. The van der Waals surface area contributed by atoms with Crippen molar-refractivity contribution in [2.45, 2.75) is 38.0 Å². The Balaban J connectivity index is 1.23. The van der Waals surface area contributed by atoms with Crippen LogP contribution in [0.1, 0.15) is 25.8 Å². The summed E-state index contributed by atoms with van der Waals surface area (Å²) in [5.74, 6) is 7.51. The molecule has 7 rings (SSSR count). The van der Waals surface area contributed by atoms with Crippen molar-refractivity contribution in [3.63, 3.8) is 0 Å². The van der Waals surface area contributed by atoms with Crippen LogP contribution in [-0.2, 0) is 11.8 Å². The molecule has 9 nitrogen and oxygen atoms in total. The third kappa shape index (κ3) is 4.30. The highest BCUT2D eigenvalue weighted by Crippen LogP contribution is 2.35. The average Bonchev–Trinajstić information content (AvgIpc) is 3.56. The van der Waals surface area contributed by atoms with Gasteiger partial charge in [-0.15, -0.1) is 0 Å². The van der Waals surface area contributed by atoms with Gasteiger partial charge in [-0.05, 0) is 38.5 Å². The van der Waals surface area contributed by atoms with Crippen molar-refractivity contribution >= 4 is 11.3 Å². The molecule has 38 heavy (non-hydrogen) atoms. The fourth-order valence-electron chi connectivity index (χ4n) is 5.41. The first-order valence-corrected chi connectivity index (χ1v) is 12.8. The predicted octanol–water partition coefficient (Wildman–Crippen LogP) is 3.36. The second-order valence-corrected chi connectivity index (χ2v) is 10.6. The second kappa shape index (κ2) is 9.29. The molecular formula is C29H30N8O. The largest absolute Gasteiger partial charge is 0.366 e. The maximum atomic E-state index is 9.70. The molecule has 3 aliphatic heterocycles. The van der Waals surface area contributed by atoms with Gasteiger partial charge in [0.1, 0.15) is 17.5 Å². The van der Waals surface area contributed by atoms with Gasteiger partial charge in [0, 0.05) is 80.2 Å². The molecule has 3 aliphatic rings. The zero-order chi connectivity index (χ0) is 26.4. The van der Waals surface area contributed by atoms with Gasteiger partial charge in [-0.1, -0.05) is 11.8 Å². The van der Waals surface area contributed by atoms with Crippen LogP contribution in [0.4, 0.5) is 5.82 Å². The number of aromatic nitrogens is 5. The van der Waals surface area contributed by atoms with E-state index in [4.69, 9.17) is 9.72 Å². The lowest BCUT2D eigenvalue weighted by Gasteiger charge is -2.56. The van der Waals surface area contributed by atoms with Gasteiger partial charge < -0.3 is 9.64 Å². The summed E-state index contributed by atoms with van der Waals surface area (Å²) < 4.78 is 8.96. The lowest BCUT2D eigenvalue weighted by atomic mass is 9.87. The summed E-state index contributed by atoms with van der Waals surface area (Å²) in [6.07, 6.45) is 10.5. The summed E-state index contributed by atoms with van der Waals surface area (Å²) >= 11 is 0. The normalized spacial score (nSPS) is 19.1. The van der Waals surface area contributed by atoms with Crippen LogP contribution < -0.4 is 4.90 Å². The molecule has 2 bridgehead atoms. The van der Waals surface area contributed by atoms with E-state index in [1.807, 2.05) is 45.7 Å². The molecule has 0 amide bonds. The number of hydrogen-bond donors (Lipinski definition) is 0. The van der Waals surface area contributed by atoms with Crippen molar-refractivity contribution in [2.75, 3.05) is 31.6 Å². The molecule has 9 heteroatoms. The van der Waals surface area contributed by atoms with Crippen LogP contribution in [0.25, 0.3) is 27.8 Å². The van der Waals surface area contributed by atoms with E-state index in [-0.39, 0.29) is 0 Å². The summed E-state index contributed by atoms with van der Waals surface area (Å²) in [6.45, 7) is 6.64. The molecule has 3 fully saturated rings. The maximum absolute atomic E-state index is 9.70. The smallest absolute Gasteiger partial charge is 0.128 e. The molecule has 0 N–H and O–H groups in total. The molecule has 2 unspecified atom stereocenters. The maximum Gasteiger partial charge on any atom is 0.128 e. The zero-order valence-electron chi connectivity index (χ0n) is 22.1. The fourth-order valence-corrected chi connectivity index (χ4v) is 5.41. The number of aryl methyl sites for hydroxylation is 1. The van der Waals surface area contributed by atoms with Gasteiger partial charge in [0.2, 0.25) is 0 Å². The molecule has 0 aliphatic carbocycles. The molecule has 2 atom stereocenters. The zero-order valence-corrected chi connectivity index (χ0v) is 22.1. The number of methoxy groups -OCH3 is 1. The summed E-state index contributed by atoms with van der Waals surface area (Å²) in [6, 6.07) is 9.53. The van der Waals surface area contributed by atoms with Gasteiger partial charge >= 0.3 is 0 Å². The van der Waals surface area contributed by atoms with Gasteiger partial charge in [-0.2, -0.15) is 15.5 Å². The molecule has 0 saturated carbocycles. The Morgan fingerprint density at radius 1 is 1.05 bits per heavy atom. The molecule has 192 valence electrons. The topological polar surface area (TPSA) is 87.5 Å². The van der Waals surface area contributed by atoms with Crippen molar-refractivity contribution in [3.05, 3.63) is 54.7 Å². The molecule has 0 radical (unpaired) electrons. The van der Waals surface area contributed by atoms with Gasteiger partial charge in [0.15, 0.2) is 0 Å². The van der Waals surface area contributed by atoms with Gasteiger partial charge in [-0.3, -0.25) is 9.58 Å². The quantitative estimate of drug-likeness (QED) is 0.384. The Kier molecular flexibility index (Phi) is 5.91. The van der Waals surface area contributed by atoms with Crippen molar-refractivity contribution in [3.8, 4) is 40.2 Å². The molecule has 0 spiro atoms. The number of nitriles is 1. The number of hydrogen-bond acceptors (Lipinski definition) is 7. The van der Waals surface area contributed by atoms with Gasteiger partial charge in [0.25, 0.3) is 0 Å². The highest BCUT2D eigenvalue weighted by molar-refractivity contribution is 5.87. The van der Waals surface area contributed by atoms with Crippen LogP contribution >= 0.6 is 0 Å². The summed E-state index contributed by atoms with van der Waals surface area (Å²) in [5, 5.41) is 18.4. The SMILES string of the molecule is COC(C)(C)C#CCN1C2CC1CN(c1ccc(-c3cc(-c4cnn(C)c4)cn4ncc(C#N)c34)cn1)C2. The number of piperazine rings is 1. The minimum atomic E-state index is -0.411. The van der Waals surface area contributed by atoms with E-state index >= 15 is 0 Å². The third-order valence-electron chi connectivity index (χ3n) is 7.66. The van der Waals surface area contributed by atoms with Gasteiger partial charge in [0.05, 0.1) is 30.0 Å². The molecule has 7 heterocycles. The van der Waals surface area contributed by atoms with Crippen LogP contribution in [0.2, 0.25) is 0 Å². The van der Waals surface area contributed by atoms with E-state index in [1.54, 1.807) is 22.5 Å². The van der Waals surface area contributed by atoms with E-state index in [0.717, 1.165) is 53.2 Å². The van der Waals surface area contributed by atoms with Crippen molar-refractivity contribution in [1.82, 2.24) is 29.3 Å². The number of fused-ring (bicyclic) bond motifs is 3. The molecule has 0 aromatic carbocycles. The Hall–Kier alpha value is -4.18. The van der Waals surface area contributed by atoms with E-state index < -0.39 is 5.60 Å². The molecule has 3 saturated heterocycles. The van der Waals surface area contributed by atoms with Crippen LogP contribution in [0.5, 0.6) is 0 Å². The molecule has 4 aromatic rings. The highest BCUT2D eigenvalue weighted by Gasteiger charge is 2.44. The Morgan fingerprint density at radius 3 is 2.53 bits per heavy atom. The summed E-state index contributed by atoms with van der Waals surface area (Å²) in [5.41, 5.74) is 4.74. The third-order valence-corrected chi connectivity index (χ3v) is 7.66. The van der Waals surface area contributed by atoms with E-state index in [1.165, 1.54) is 6.42 Å². The van der Waals surface area contributed by atoms with E-state index in [0.29, 0.717) is 17.6 Å². The van der Waals surface area contributed by atoms with Gasteiger partial charge in [-0.25, -0.2) is 9.50 Å². The van der Waals surface area contributed by atoms with Crippen LogP contribution in [0.15, 0.2) is 49.2 Å². The minimum Gasteiger partial charge on any atom is -0.366 e. The number of pyridine rings is 2. The number of anilines is 1. The Labute approximate surface area is 222 Å². The monoisotopic (exact) mass is 506 g/mol. The average molecular weight is 507 g/mol. The van der Waals surface area contributed by atoms with Crippen molar-refractivity contribution in [1.29, 1.82) is 5.26 Å². The second-order valence-electron chi connectivity index (χ2n) is 10.6. The first-order chi connectivity index (χ1) is 18.3. The van der Waals surface area contributed by atoms with Crippen LogP contribution in [0.3, 0.4) is 0 Å². The summed E-state index contributed by atoms with van der Waals surface area (Å²) in [7, 11) is 3.59. The molecular weight excluding hydrogens is 476 g/mol. The number of ether oxygens (including phenoxy) is 1. The van der Waals surface area contributed by atoms with E-state index in [2.05, 4.69) is 56.1 Å². The lowest BCUT2D eigenvalue weighted by Crippen LogP contribution is -2.68. The van der Waals surface area contributed by atoms with Crippen molar-refractivity contribution < 1.29 is 4.74 Å². The number of nitrogens with zero attached hydrogens (tertiary/aromatic N) is 8. The Morgan fingerprint density at radius 2 is 1.87 bits per heavy atom.